The minimum Gasteiger partial charge on any atom is -0.356 e. The average Bonchev–Trinajstić information content (AvgIpc) is 1.87. The summed E-state index contributed by atoms with van der Waals surface area (Å²) in [4.78, 5) is 6.64. The van der Waals surface area contributed by atoms with Crippen molar-refractivity contribution in [2.75, 3.05) is 0 Å². The van der Waals surface area contributed by atoms with Gasteiger partial charge in [-0.05, 0) is 12.5 Å². The van der Waals surface area contributed by atoms with Crippen molar-refractivity contribution in [1.29, 1.82) is 0 Å². The molecule has 34 valence electrons. The zero-order valence-corrected chi connectivity index (χ0v) is 4.10. The SMILES string of the molecule is [B]c1cnc(C)[nH]1. The second-order valence-corrected chi connectivity index (χ2v) is 1.42. The normalized spacial score (nSPS) is 9.29. The lowest BCUT2D eigenvalue weighted by molar-refractivity contribution is 1.16. The molecule has 0 fully saturated rings. The summed E-state index contributed by atoms with van der Waals surface area (Å²) in [6.45, 7) is 1.86. The molecule has 0 aliphatic heterocycles. The van der Waals surface area contributed by atoms with Crippen LogP contribution in [0.25, 0.3) is 0 Å². The second kappa shape index (κ2) is 1.41. The minimum absolute atomic E-state index is 0.623. The highest BCUT2D eigenvalue weighted by Crippen LogP contribution is 1.75. The van der Waals surface area contributed by atoms with Gasteiger partial charge >= 0.3 is 0 Å². The van der Waals surface area contributed by atoms with Crippen LogP contribution in [0.3, 0.4) is 0 Å². The van der Waals surface area contributed by atoms with Gasteiger partial charge in [-0.1, -0.05) is 0 Å². The molecule has 2 radical (unpaired) electrons. The van der Waals surface area contributed by atoms with E-state index < -0.39 is 0 Å². The predicted octanol–water partition coefficient (Wildman–Crippen LogP) is -0.488. The number of aromatic nitrogens is 2. The zero-order valence-electron chi connectivity index (χ0n) is 4.10. The number of aromatic amines is 1. The van der Waals surface area contributed by atoms with Crippen LogP contribution in [0.2, 0.25) is 0 Å². The van der Waals surface area contributed by atoms with Crippen LogP contribution in [0.15, 0.2) is 6.20 Å². The topological polar surface area (TPSA) is 28.7 Å². The Kier molecular flexibility index (Phi) is 0.892. The van der Waals surface area contributed by atoms with Gasteiger partial charge in [-0.2, -0.15) is 0 Å². The number of aryl methyl sites for hydroxylation is 1. The summed E-state index contributed by atoms with van der Waals surface area (Å²) in [5.74, 6) is 0.859. The fourth-order valence-corrected chi connectivity index (χ4v) is 0.440. The Morgan fingerprint density at radius 2 is 2.57 bits per heavy atom. The quantitative estimate of drug-likeness (QED) is 0.430. The van der Waals surface area contributed by atoms with Gasteiger partial charge in [0, 0.05) is 6.20 Å². The highest BCUT2D eigenvalue weighted by molar-refractivity contribution is 6.30. The van der Waals surface area contributed by atoms with E-state index in [9.17, 15) is 0 Å². The zero-order chi connectivity index (χ0) is 5.28. The molecule has 1 rings (SSSR count). The highest BCUT2D eigenvalue weighted by Gasteiger charge is 1.83. The first kappa shape index (κ1) is 4.43. The van der Waals surface area contributed by atoms with E-state index in [1.54, 1.807) is 6.20 Å². The molecular formula is C4H5BN2. The summed E-state index contributed by atoms with van der Waals surface area (Å²) >= 11 is 0. The molecule has 1 aromatic rings. The van der Waals surface area contributed by atoms with Crippen molar-refractivity contribution in [2.24, 2.45) is 0 Å². The lowest BCUT2D eigenvalue weighted by Gasteiger charge is -1.74. The fraction of sp³-hybridized carbons (Fsp3) is 0.250. The van der Waals surface area contributed by atoms with E-state index in [-0.39, 0.29) is 0 Å². The van der Waals surface area contributed by atoms with E-state index in [0.29, 0.717) is 5.59 Å². The Bertz CT molecular complexity index is 142. The summed E-state index contributed by atoms with van der Waals surface area (Å²) in [5, 5.41) is 0. The molecule has 0 spiro atoms. The van der Waals surface area contributed by atoms with E-state index in [1.807, 2.05) is 6.92 Å². The third-order valence-electron chi connectivity index (χ3n) is 0.723. The molecule has 0 saturated heterocycles. The monoisotopic (exact) mass is 92.1 g/mol. The van der Waals surface area contributed by atoms with Crippen LogP contribution >= 0.6 is 0 Å². The van der Waals surface area contributed by atoms with Gasteiger partial charge in [0.2, 0.25) is 0 Å². The molecule has 0 unspecified atom stereocenters. The van der Waals surface area contributed by atoms with Gasteiger partial charge < -0.3 is 4.98 Å². The first-order valence-electron chi connectivity index (χ1n) is 2.06. The molecule has 0 aromatic carbocycles. The summed E-state index contributed by atoms with van der Waals surface area (Å²) in [6, 6.07) is 0. The third-order valence-corrected chi connectivity index (χ3v) is 0.723. The van der Waals surface area contributed by atoms with Crippen LogP contribution in [0, 0.1) is 6.92 Å². The van der Waals surface area contributed by atoms with Gasteiger partial charge in [0.05, 0.1) is 0 Å². The van der Waals surface area contributed by atoms with Crippen molar-refractivity contribution in [3.05, 3.63) is 12.0 Å². The van der Waals surface area contributed by atoms with Crippen LogP contribution in [-0.4, -0.2) is 17.8 Å². The first-order valence-corrected chi connectivity index (χ1v) is 2.06. The Morgan fingerprint density at radius 1 is 1.86 bits per heavy atom. The van der Waals surface area contributed by atoms with Crippen molar-refractivity contribution in [1.82, 2.24) is 9.97 Å². The van der Waals surface area contributed by atoms with E-state index in [1.165, 1.54) is 0 Å². The lowest BCUT2D eigenvalue weighted by atomic mass is 10.1. The van der Waals surface area contributed by atoms with Gasteiger partial charge in [0.1, 0.15) is 13.7 Å². The van der Waals surface area contributed by atoms with Gasteiger partial charge in [-0.3, -0.25) is 0 Å². The molecule has 1 aromatic heterocycles. The minimum atomic E-state index is 0.623. The Labute approximate surface area is 43.4 Å². The third kappa shape index (κ3) is 0.826. The molecule has 0 saturated carbocycles. The maximum Gasteiger partial charge on any atom is 0.140 e. The van der Waals surface area contributed by atoms with Gasteiger partial charge in [-0.15, -0.1) is 0 Å². The molecule has 0 bridgehead atoms. The van der Waals surface area contributed by atoms with Gasteiger partial charge in [0.25, 0.3) is 0 Å². The molecular weight excluding hydrogens is 86.9 g/mol. The van der Waals surface area contributed by atoms with Crippen molar-refractivity contribution in [3.63, 3.8) is 0 Å². The number of hydrogen-bond acceptors (Lipinski definition) is 1. The smallest absolute Gasteiger partial charge is 0.140 e. The van der Waals surface area contributed by atoms with E-state index in [2.05, 4.69) is 9.97 Å². The number of H-pyrrole nitrogens is 1. The second-order valence-electron chi connectivity index (χ2n) is 1.42. The first-order chi connectivity index (χ1) is 3.29. The maximum absolute atomic E-state index is 5.26. The van der Waals surface area contributed by atoms with E-state index in [0.717, 1.165) is 5.82 Å². The number of nitrogens with one attached hydrogen (secondary N) is 1. The molecule has 1 N–H and O–H groups in total. The molecule has 3 heteroatoms. The molecule has 0 atom stereocenters. The van der Waals surface area contributed by atoms with Crippen molar-refractivity contribution >= 4 is 13.4 Å². The van der Waals surface area contributed by atoms with Crippen LogP contribution in [0.4, 0.5) is 0 Å². The van der Waals surface area contributed by atoms with E-state index in [4.69, 9.17) is 7.85 Å². The van der Waals surface area contributed by atoms with E-state index >= 15 is 0 Å². The van der Waals surface area contributed by atoms with Gasteiger partial charge in [-0.25, -0.2) is 4.98 Å². The predicted molar refractivity (Wildman–Crippen MR) is 28.7 cm³/mol. The van der Waals surface area contributed by atoms with Crippen molar-refractivity contribution in [3.8, 4) is 0 Å². The number of rotatable bonds is 0. The highest BCUT2D eigenvalue weighted by atomic mass is 14.9. The Morgan fingerprint density at radius 3 is 2.71 bits per heavy atom. The summed E-state index contributed by atoms with van der Waals surface area (Å²) in [6.07, 6.45) is 1.59. The largest absolute Gasteiger partial charge is 0.356 e. The van der Waals surface area contributed by atoms with Crippen LogP contribution in [0.1, 0.15) is 5.82 Å². The number of nitrogens with zero attached hydrogens (tertiary/aromatic N) is 1. The average molecular weight is 91.9 g/mol. The molecule has 0 amide bonds. The van der Waals surface area contributed by atoms with Gasteiger partial charge in [0.15, 0.2) is 0 Å². The fourth-order valence-electron chi connectivity index (χ4n) is 0.440. The van der Waals surface area contributed by atoms with Crippen LogP contribution in [-0.2, 0) is 0 Å². The molecule has 1 heterocycles. The van der Waals surface area contributed by atoms with Crippen LogP contribution in [0.5, 0.6) is 0 Å². The van der Waals surface area contributed by atoms with Crippen LogP contribution < -0.4 is 5.59 Å². The Balaban J connectivity index is 3.04. The maximum atomic E-state index is 5.26. The van der Waals surface area contributed by atoms with Crippen molar-refractivity contribution < 1.29 is 0 Å². The molecule has 0 aliphatic carbocycles. The number of hydrogen-bond donors (Lipinski definition) is 1. The molecule has 0 aliphatic rings. The summed E-state index contributed by atoms with van der Waals surface area (Å²) in [7, 11) is 5.26. The molecule has 2 nitrogen and oxygen atoms in total. The summed E-state index contributed by atoms with van der Waals surface area (Å²) < 4.78 is 0. The number of imidazole rings is 1. The Hall–Kier alpha value is -0.725. The molecule has 7 heavy (non-hydrogen) atoms. The lowest BCUT2D eigenvalue weighted by Crippen LogP contribution is -2.00. The van der Waals surface area contributed by atoms with Crippen molar-refractivity contribution in [2.45, 2.75) is 6.92 Å². The standard InChI is InChI=1S/C4H5BN2/c1-3-6-2-4(5)7-3/h2H,1H3,(H,6,7). The summed E-state index contributed by atoms with van der Waals surface area (Å²) in [5.41, 5.74) is 0.623.